The topological polar surface area (TPSA) is 4.93 Å². The fourth-order valence-electron chi connectivity index (χ4n) is 9.69. The van der Waals surface area contributed by atoms with Gasteiger partial charge in [0.15, 0.2) is 0 Å². The van der Waals surface area contributed by atoms with Crippen LogP contribution in [-0.2, 0) is 5.41 Å². The third-order valence-corrected chi connectivity index (χ3v) is 12.5. The van der Waals surface area contributed by atoms with Crippen molar-refractivity contribution in [1.29, 1.82) is 0 Å². The largest absolute Gasteiger partial charge is 0.309 e. The molecule has 1 aliphatic rings. The van der Waals surface area contributed by atoms with Crippen LogP contribution in [0.1, 0.15) is 47.6 Å². The fraction of sp³-hybridized carbons (Fsp3) is 0.0714. The molecule has 0 saturated carbocycles. The highest BCUT2D eigenvalue weighted by molar-refractivity contribution is 6.11. The van der Waals surface area contributed by atoms with Crippen molar-refractivity contribution in [2.75, 3.05) is 0 Å². The Morgan fingerprint density at radius 3 is 1.68 bits per heavy atom. The first-order valence-corrected chi connectivity index (χ1v) is 20.0. The van der Waals surface area contributed by atoms with Gasteiger partial charge in [0.25, 0.3) is 0 Å². The SMILES string of the molecule is CC1(C)c2ccccc2-c2ccc(-c3ccc4c(c3)c3cc(-c5ccc(C(c6ccccc6)c6cccc7ccccc67)cc5)ccc3n4-c3ccccc3)cc21. The second-order valence-corrected chi connectivity index (χ2v) is 16.1. The average Bonchev–Trinajstić information content (AvgIpc) is 3.72. The first-order valence-electron chi connectivity index (χ1n) is 20.0. The van der Waals surface area contributed by atoms with Gasteiger partial charge in [-0.05, 0) is 114 Å². The van der Waals surface area contributed by atoms with Crippen molar-refractivity contribution in [2.24, 2.45) is 0 Å². The van der Waals surface area contributed by atoms with Crippen LogP contribution >= 0.6 is 0 Å². The van der Waals surface area contributed by atoms with Crippen LogP contribution < -0.4 is 0 Å². The molecule has 1 unspecified atom stereocenters. The molecule has 0 aliphatic heterocycles. The van der Waals surface area contributed by atoms with Crippen molar-refractivity contribution in [3.63, 3.8) is 0 Å². The number of para-hydroxylation sites is 1. The Hall–Kier alpha value is -6.96. The minimum Gasteiger partial charge on any atom is -0.309 e. The lowest BCUT2D eigenvalue weighted by molar-refractivity contribution is 0.660. The van der Waals surface area contributed by atoms with Crippen LogP contribution in [-0.4, -0.2) is 4.57 Å². The molecule has 1 aromatic heterocycles. The summed E-state index contributed by atoms with van der Waals surface area (Å²) in [5.41, 5.74) is 17.9. The molecule has 57 heavy (non-hydrogen) atoms. The first-order chi connectivity index (χ1) is 28.0. The molecule has 11 rings (SSSR count). The Morgan fingerprint density at radius 2 is 0.930 bits per heavy atom. The van der Waals surface area contributed by atoms with E-state index in [0.717, 1.165) is 0 Å². The molecule has 0 saturated heterocycles. The van der Waals surface area contributed by atoms with Gasteiger partial charge in [-0.25, -0.2) is 0 Å². The molecule has 0 radical (unpaired) electrons. The highest BCUT2D eigenvalue weighted by Crippen LogP contribution is 2.50. The summed E-state index contributed by atoms with van der Waals surface area (Å²) < 4.78 is 2.42. The smallest absolute Gasteiger partial charge is 0.0541 e. The molecule has 1 heterocycles. The van der Waals surface area contributed by atoms with E-state index in [1.165, 1.54) is 99.5 Å². The Bertz CT molecular complexity index is 3120. The standard InChI is InChI=1S/C56H41N/c1-56(2)51-23-12-11-21-46(51)47-31-28-43(36-52(47)56)42-30-33-54-50(35-42)49-34-41(29-32-53(49)57(54)44-18-7-4-8-19-44)37-24-26-40(27-25-37)55(39-15-5-3-6-16-39)48-22-13-17-38-14-9-10-20-45(38)48/h3-36,55H,1-2H3. The third kappa shape index (κ3) is 5.38. The molecule has 0 bridgehead atoms. The van der Waals surface area contributed by atoms with Gasteiger partial charge >= 0.3 is 0 Å². The number of benzene rings is 9. The van der Waals surface area contributed by atoms with Crippen LogP contribution in [0.25, 0.3) is 71.6 Å². The van der Waals surface area contributed by atoms with Crippen LogP contribution in [0, 0.1) is 0 Å². The molecule has 0 fully saturated rings. The zero-order valence-electron chi connectivity index (χ0n) is 32.2. The van der Waals surface area contributed by atoms with Crippen molar-refractivity contribution >= 4 is 32.6 Å². The molecule has 0 N–H and O–H groups in total. The lowest BCUT2D eigenvalue weighted by atomic mass is 9.81. The van der Waals surface area contributed by atoms with E-state index in [1.807, 2.05) is 0 Å². The molecule has 0 spiro atoms. The van der Waals surface area contributed by atoms with Crippen molar-refractivity contribution in [3.05, 3.63) is 234 Å². The molecule has 9 aromatic carbocycles. The summed E-state index contributed by atoms with van der Waals surface area (Å²) in [6, 6.07) is 76.4. The molecular formula is C56H41N. The van der Waals surface area contributed by atoms with Gasteiger partial charge < -0.3 is 4.57 Å². The van der Waals surface area contributed by atoms with Crippen LogP contribution in [0.4, 0.5) is 0 Å². The van der Waals surface area contributed by atoms with Crippen LogP contribution in [0.3, 0.4) is 0 Å². The van der Waals surface area contributed by atoms with E-state index in [1.54, 1.807) is 0 Å². The van der Waals surface area contributed by atoms with E-state index in [4.69, 9.17) is 0 Å². The minimum atomic E-state index is -0.0458. The third-order valence-electron chi connectivity index (χ3n) is 12.5. The first kappa shape index (κ1) is 33.4. The summed E-state index contributed by atoms with van der Waals surface area (Å²) in [7, 11) is 0. The van der Waals surface area contributed by atoms with E-state index in [9.17, 15) is 0 Å². The maximum absolute atomic E-state index is 2.43. The summed E-state index contributed by atoms with van der Waals surface area (Å²) in [6.07, 6.45) is 0. The predicted molar refractivity (Wildman–Crippen MR) is 241 cm³/mol. The summed E-state index contributed by atoms with van der Waals surface area (Å²) in [5, 5.41) is 5.08. The zero-order valence-corrected chi connectivity index (χ0v) is 32.2. The van der Waals surface area contributed by atoms with Crippen LogP contribution in [0.2, 0.25) is 0 Å². The van der Waals surface area contributed by atoms with Gasteiger partial charge in [-0.15, -0.1) is 0 Å². The van der Waals surface area contributed by atoms with Gasteiger partial charge in [0.2, 0.25) is 0 Å². The van der Waals surface area contributed by atoms with Crippen molar-refractivity contribution in [1.82, 2.24) is 4.57 Å². The molecule has 1 nitrogen and oxygen atoms in total. The lowest BCUT2D eigenvalue weighted by Crippen LogP contribution is -2.14. The van der Waals surface area contributed by atoms with E-state index in [2.05, 4.69) is 225 Å². The van der Waals surface area contributed by atoms with Crippen molar-refractivity contribution in [2.45, 2.75) is 25.2 Å². The minimum absolute atomic E-state index is 0.0458. The van der Waals surface area contributed by atoms with Crippen LogP contribution in [0.15, 0.2) is 206 Å². The van der Waals surface area contributed by atoms with Gasteiger partial charge in [-0.2, -0.15) is 0 Å². The van der Waals surface area contributed by atoms with Gasteiger partial charge in [0.1, 0.15) is 0 Å². The molecule has 1 aliphatic carbocycles. The monoisotopic (exact) mass is 727 g/mol. The highest BCUT2D eigenvalue weighted by Gasteiger charge is 2.35. The zero-order chi connectivity index (χ0) is 38.1. The van der Waals surface area contributed by atoms with E-state index < -0.39 is 0 Å². The Kier molecular flexibility index (Phi) is 7.66. The Labute approximate surface area is 334 Å². The molecule has 10 aromatic rings. The quantitative estimate of drug-likeness (QED) is 0.150. The molecular weight excluding hydrogens is 687 g/mol. The van der Waals surface area contributed by atoms with Crippen LogP contribution in [0.5, 0.6) is 0 Å². The number of nitrogens with zero attached hydrogens (tertiary/aromatic N) is 1. The molecule has 0 amide bonds. The lowest BCUT2D eigenvalue weighted by Gasteiger charge is -2.22. The number of fused-ring (bicyclic) bond motifs is 7. The second-order valence-electron chi connectivity index (χ2n) is 16.1. The summed E-state index contributed by atoms with van der Waals surface area (Å²) in [6.45, 7) is 4.72. The van der Waals surface area contributed by atoms with Crippen molar-refractivity contribution < 1.29 is 0 Å². The Morgan fingerprint density at radius 1 is 0.386 bits per heavy atom. The van der Waals surface area contributed by atoms with E-state index in [-0.39, 0.29) is 11.3 Å². The maximum atomic E-state index is 2.43. The highest BCUT2D eigenvalue weighted by atomic mass is 15.0. The second kappa shape index (κ2) is 13.1. The maximum Gasteiger partial charge on any atom is 0.0541 e. The number of aromatic nitrogens is 1. The summed E-state index contributed by atoms with van der Waals surface area (Å²) >= 11 is 0. The molecule has 1 atom stereocenters. The van der Waals surface area contributed by atoms with Gasteiger partial charge in [-0.3, -0.25) is 0 Å². The normalized spacial score (nSPS) is 13.5. The average molecular weight is 728 g/mol. The van der Waals surface area contributed by atoms with E-state index in [0.29, 0.717) is 0 Å². The number of rotatable bonds is 6. The van der Waals surface area contributed by atoms with Gasteiger partial charge in [-0.1, -0.05) is 178 Å². The summed E-state index contributed by atoms with van der Waals surface area (Å²) in [4.78, 5) is 0. The predicted octanol–water partition coefficient (Wildman–Crippen LogP) is 14.8. The number of hydrogen-bond acceptors (Lipinski definition) is 0. The van der Waals surface area contributed by atoms with Gasteiger partial charge in [0.05, 0.1) is 11.0 Å². The fourth-order valence-corrected chi connectivity index (χ4v) is 9.69. The Balaban J connectivity index is 1.03. The molecule has 1 heteroatoms. The summed E-state index contributed by atoms with van der Waals surface area (Å²) in [5.74, 6) is 0.120. The molecule has 270 valence electrons. The number of hydrogen-bond donors (Lipinski definition) is 0. The van der Waals surface area contributed by atoms with Crippen molar-refractivity contribution in [3.8, 4) is 39.1 Å². The van der Waals surface area contributed by atoms with E-state index >= 15 is 0 Å². The van der Waals surface area contributed by atoms with Gasteiger partial charge in [0, 0.05) is 27.8 Å².